The van der Waals surface area contributed by atoms with Gasteiger partial charge in [-0.3, -0.25) is 4.79 Å². The van der Waals surface area contributed by atoms with Crippen LogP contribution in [0.15, 0.2) is 15.6 Å². The molecule has 1 heterocycles. The molecular weight excluding hydrogens is 246 g/mol. The summed E-state index contributed by atoms with van der Waals surface area (Å²) in [5, 5.41) is 0. The Morgan fingerprint density at radius 2 is 2.29 bits per heavy atom. The van der Waals surface area contributed by atoms with Crippen molar-refractivity contribution in [2.24, 2.45) is 0 Å². The third-order valence-corrected chi connectivity index (χ3v) is 2.73. The minimum atomic E-state index is -0.144. The lowest BCUT2D eigenvalue weighted by Crippen LogP contribution is -2.32. The van der Waals surface area contributed by atoms with E-state index in [4.69, 9.17) is 0 Å². The first kappa shape index (κ1) is 11.2. The molecule has 14 heavy (non-hydrogen) atoms. The van der Waals surface area contributed by atoms with Gasteiger partial charge in [0.2, 0.25) is 0 Å². The van der Waals surface area contributed by atoms with Crippen molar-refractivity contribution in [3.8, 4) is 0 Å². The van der Waals surface area contributed by atoms with E-state index in [2.05, 4.69) is 44.6 Å². The Morgan fingerprint density at radius 1 is 1.64 bits per heavy atom. The topological polar surface area (TPSA) is 49.0 Å². The number of anilines is 1. The van der Waals surface area contributed by atoms with Gasteiger partial charge in [0.15, 0.2) is 5.82 Å². The summed E-state index contributed by atoms with van der Waals surface area (Å²) < 4.78 is 0.496. The van der Waals surface area contributed by atoms with E-state index < -0.39 is 0 Å². The second-order valence-electron chi connectivity index (χ2n) is 3.25. The molecule has 78 valence electrons. The van der Waals surface area contributed by atoms with Gasteiger partial charge in [0, 0.05) is 12.6 Å². The summed E-state index contributed by atoms with van der Waals surface area (Å²) in [7, 11) is 0. The fourth-order valence-electron chi connectivity index (χ4n) is 1.33. The van der Waals surface area contributed by atoms with E-state index in [1.54, 1.807) is 0 Å². The van der Waals surface area contributed by atoms with Crippen LogP contribution in [0.4, 0.5) is 5.82 Å². The lowest BCUT2D eigenvalue weighted by atomic mass is 10.3. The van der Waals surface area contributed by atoms with Crippen LogP contribution in [-0.2, 0) is 0 Å². The van der Waals surface area contributed by atoms with Crippen LogP contribution in [-0.4, -0.2) is 22.6 Å². The fraction of sp³-hybridized carbons (Fsp3) is 0.556. The summed E-state index contributed by atoms with van der Waals surface area (Å²) >= 11 is 3.24. The number of halogens is 1. The number of hydrogen-bond acceptors (Lipinski definition) is 3. The first-order valence-electron chi connectivity index (χ1n) is 4.57. The molecular formula is C9H14BrN3O. The summed E-state index contributed by atoms with van der Waals surface area (Å²) in [6, 6.07) is 0.325. The van der Waals surface area contributed by atoms with E-state index in [0.717, 1.165) is 6.54 Å². The van der Waals surface area contributed by atoms with Crippen molar-refractivity contribution in [3.05, 3.63) is 21.2 Å². The highest BCUT2D eigenvalue weighted by Gasteiger charge is 2.14. The van der Waals surface area contributed by atoms with Crippen LogP contribution in [0.25, 0.3) is 0 Å². The highest BCUT2D eigenvalue weighted by Crippen LogP contribution is 2.20. The lowest BCUT2D eigenvalue weighted by molar-refractivity contribution is 0.689. The summed E-state index contributed by atoms with van der Waals surface area (Å²) in [4.78, 5) is 20.0. The van der Waals surface area contributed by atoms with Crippen molar-refractivity contribution >= 4 is 21.7 Å². The molecule has 0 spiro atoms. The van der Waals surface area contributed by atoms with E-state index in [-0.39, 0.29) is 5.56 Å². The Labute approximate surface area is 91.5 Å². The highest BCUT2D eigenvalue weighted by atomic mass is 79.9. The molecule has 0 fully saturated rings. The zero-order valence-corrected chi connectivity index (χ0v) is 10.1. The molecule has 1 aromatic rings. The number of hydrogen-bond donors (Lipinski definition) is 1. The Kier molecular flexibility index (Phi) is 3.69. The van der Waals surface area contributed by atoms with Crippen LogP contribution in [0.2, 0.25) is 0 Å². The van der Waals surface area contributed by atoms with Crippen molar-refractivity contribution < 1.29 is 0 Å². The van der Waals surface area contributed by atoms with Crippen molar-refractivity contribution in [2.45, 2.75) is 26.8 Å². The predicted octanol–water partition coefficient (Wildman–Crippen LogP) is 1.77. The molecule has 0 aliphatic heterocycles. The normalized spacial score (nSPS) is 10.6. The van der Waals surface area contributed by atoms with Crippen molar-refractivity contribution in [3.63, 3.8) is 0 Å². The SMILES string of the molecule is CCN(c1nc[nH]c(=O)c1Br)C(C)C. The molecule has 0 bridgehead atoms. The number of aromatic nitrogens is 2. The molecule has 0 atom stereocenters. The fourth-order valence-corrected chi connectivity index (χ4v) is 1.78. The molecule has 1 N–H and O–H groups in total. The molecule has 0 aliphatic rings. The third-order valence-electron chi connectivity index (χ3n) is 2.01. The Morgan fingerprint density at radius 3 is 2.79 bits per heavy atom. The van der Waals surface area contributed by atoms with Crippen molar-refractivity contribution in [2.75, 3.05) is 11.4 Å². The van der Waals surface area contributed by atoms with Gasteiger partial charge in [-0.2, -0.15) is 0 Å². The smallest absolute Gasteiger partial charge is 0.267 e. The molecule has 0 amide bonds. The Balaban J connectivity index is 3.17. The second-order valence-corrected chi connectivity index (χ2v) is 4.04. The van der Waals surface area contributed by atoms with E-state index in [0.29, 0.717) is 16.3 Å². The number of nitrogens with one attached hydrogen (secondary N) is 1. The quantitative estimate of drug-likeness (QED) is 0.901. The minimum absolute atomic E-state index is 0.144. The minimum Gasteiger partial charge on any atom is -0.353 e. The monoisotopic (exact) mass is 259 g/mol. The van der Waals surface area contributed by atoms with E-state index in [9.17, 15) is 4.79 Å². The van der Waals surface area contributed by atoms with E-state index >= 15 is 0 Å². The van der Waals surface area contributed by atoms with Crippen molar-refractivity contribution in [1.29, 1.82) is 0 Å². The molecule has 0 saturated carbocycles. The van der Waals surface area contributed by atoms with Gasteiger partial charge >= 0.3 is 0 Å². The summed E-state index contributed by atoms with van der Waals surface area (Å²) in [5.74, 6) is 0.700. The molecule has 5 heteroatoms. The average molecular weight is 260 g/mol. The van der Waals surface area contributed by atoms with E-state index in [1.807, 2.05) is 6.92 Å². The maximum absolute atomic E-state index is 11.3. The van der Waals surface area contributed by atoms with Gasteiger partial charge < -0.3 is 9.88 Å². The standard InChI is InChI=1S/C9H14BrN3O/c1-4-13(6(2)3)8-7(10)9(14)12-5-11-8/h5-6H,4H2,1-3H3,(H,11,12,14). The maximum Gasteiger partial charge on any atom is 0.267 e. The van der Waals surface area contributed by atoms with Gasteiger partial charge in [0.05, 0.1) is 6.33 Å². The van der Waals surface area contributed by atoms with Gasteiger partial charge in [0.25, 0.3) is 5.56 Å². The molecule has 0 aromatic carbocycles. The van der Waals surface area contributed by atoms with Crippen LogP contribution in [0.5, 0.6) is 0 Å². The average Bonchev–Trinajstić information content (AvgIpc) is 2.13. The van der Waals surface area contributed by atoms with Gasteiger partial charge in [0.1, 0.15) is 4.47 Å². The predicted molar refractivity (Wildman–Crippen MR) is 60.7 cm³/mol. The summed E-state index contributed by atoms with van der Waals surface area (Å²) in [5.41, 5.74) is -0.144. The van der Waals surface area contributed by atoms with Crippen LogP contribution in [0.1, 0.15) is 20.8 Å². The largest absolute Gasteiger partial charge is 0.353 e. The van der Waals surface area contributed by atoms with Crippen LogP contribution < -0.4 is 10.5 Å². The number of aromatic amines is 1. The van der Waals surface area contributed by atoms with Gasteiger partial charge in [-0.05, 0) is 36.7 Å². The number of rotatable bonds is 3. The van der Waals surface area contributed by atoms with Gasteiger partial charge in [-0.1, -0.05) is 0 Å². The third kappa shape index (κ3) is 2.15. The highest BCUT2D eigenvalue weighted by molar-refractivity contribution is 9.10. The van der Waals surface area contributed by atoms with Crippen LogP contribution in [0, 0.1) is 0 Å². The second kappa shape index (κ2) is 4.59. The maximum atomic E-state index is 11.3. The Hall–Kier alpha value is -0.840. The zero-order chi connectivity index (χ0) is 10.7. The first-order valence-corrected chi connectivity index (χ1v) is 5.37. The molecule has 1 aromatic heterocycles. The molecule has 0 radical (unpaired) electrons. The first-order chi connectivity index (χ1) is 6.57. The molecule has 0 unspecified atom stereocenters. The zero-order valence-electron chi connectivity index (χ0n) is 8.54. The van der Waals surface area contributed by atoms with Gasteiger partial charge in [-0.25, -0.2) is 4.98 Å². The molecule has 1 rings (SSSR count). The molecule has 4 nitrogen and oxygen atoms in total. The van der Waals surface area contributed by atoms with Gasteiger partial charge in [-0.15, -0.1) is 0 Å². The molecule has 0 aliphatic carbocycles. The van der Waals surface area contributed by atoms with E-state index in [1.165, 1.54) is 6.33 Å². The lowest BCUT2D eigenvalue weighted by Gasteiger charge is -2.26. The van der Waals surface area contributed by atoms with Crippen LogP contribution in [0.3, 0.4) is 0 Å². The molecule has 0 saturated heterocycles. The summed E-state index contributed by atoms with van der Waals surface area (Å²) in [6.07, 6.45) is 1.42. The van der Waals surface area contributed by atoms with Crippen LogP contribution >= 0.6 is 15.9 Å². The van der Waals surface area contributed by atoms with Crippen molar-refractivity contribution in [1.82, 2.24) is 9.97 Å². The number of nitrogens with zero attached hydrogens (tertiary/aromatic N) is 2. The number of H-pyrrole nitrogens is 1. The summed E-state index contributed by atoms with van der Waals surface area (Å²) in [6.45, 7) is 7.00. The Bertz CT molecular complexity index is 361.